The van der Waals surface area contributed by atoms with Crippen LogP contribution in [0.4, 0.5) is 0 Å². The molecule has 88 valence electrons. The molecule has 0 bridgehead atoms. The molecule has 0 aliphatic heterocycles. The highest BCUT2D eigenvalue weighted by Gasteiger charge is 2.16. The fourth-order valence-corrected chi connectivity index (χ4v) is 2.17. The maximum atomic E-state index is 11.8. The third-order valence-corrected chi connectivity index (χ3v) is 3.27. The summed E-state index contributed by atoms with van der Waals surface area (Å²) in [7, 11) is 0. The SMILES string of the molecule is CCC(=O)C(C)c1ccnc2cc(Cl)ccc12. The number of carbonyl (C=O) groups is 1. The van der Waals surface area contributed by atoms with Gasteiger partial charge in [-0.3, -0.25) is 9.78 Å². The Morgan fingerprint density at radius 2 is 2.18 bits per heavy atom. The van der Waals surface area contributed by atoms with Gasteiger partial charge in [0.1, 0.15) is 5.78 Å². The molecule has 1 heterocycles. The van der Waals surface area contributed by atoms with Crippen LogP contribution in [-0.4, -0.2) is 10.8 Å². The first-order valence-corrected chi connectivity index (χ1v) is 6.08. The molecule has 0 radical (unpaired) electrons. The zero-order valence-corrected chi connectivity index (χ0v) is 10.7. The first-order chi connectivity index (χ1) is 8.13. The third kappa shape index (κ3) is 2.32. The van der Waals surface area contributed by atoms with Crippen LogP contribution in [0.3, 0.4) is 0 Å². The van der Waals surface area contributed by atoms with Gasteiger partial charge in [0.05, 0.1) is 5.52 Å². The van der Waals surface area contributed by atoms with Crippen LogP contribution in [0.2, 0.25) is 5.02 Å². The molecule has 17 heavy (non-hydrogen) atoms. The van der Waals surface area contributed by atoms with E-state index in [1.165, 1.54) is 0 Å². The number of pyridine rings is 1. The fraction of sp³-hybridized carbons (Fsp3) is 0.286. The number of nitrogens with zero attached hydrogens (tertiary/aromatic N) is 1. The van der Waals surface area contributed by atoms with Gasteiger partial charge in [-0.05, 0) is 23.8 Å². The second-order valence-corrected chi connectivity index (χ2v) is 4.54. The van der Waals surface area contributed by atoms with Gasteiger partial charge in [0, 0.05) is 28.9 Å². The van der Waals surface area contributed by atoms with Crippen LogP contribution in [0.5, 0.6) is 0 Å². The average molecular weight is 248 g/mol. The minimum absolute atomic E-state index is 0.0910. The molecule has 0 spiro atoms. The maximum absolute atomic E-state index is 11.8. The van der Waals surface area contributed by atoms with Crippen LogP contribution < -0.4 is 0 Å². The summed E-state index contributed by atoms with van der Waals surface area (Å²) in [6.45, 7) is 3.83. The van der Waals surface area contributed by atoms with E-state index in [-0.39, 0.29) is 11.7 Å². The minimum atomic E-state index is -0.0910. The van der Waals surface area contributed by atoms with Crippen molar-refractivity contribution in [3.8, 4) is 0 Å². The van der Waals surface area contributed by atoms with Gasteiger partial charge in [-0.2, -0.15) is 0 Å². The average Bonchev–Trinajstić information content (AvgIpc) is 2.35. The number of hydrogen-bond acceptors (Lipinski definition) is 2. The zero-order valence-electron chi connectivity index (χ0n) is 9.90. The van der Waals surface area contributed by atoms with Crippen LogP contribution in [0, 0.1) is 0 Å². The third-order valence-electron chi connectivity index (χ3n) is 3.04. The molecule has 0 aliphatic rings. The molecule has 0 fully saturated rings. The van der Waals surface area contributed by atoms with Gasteiger partial charge in [0.25, 0.3) is 0 Å². The molecular formula is C14H14ClNO. The topological polar surface area (TPSA) is 30.0 Å². The van der Waals surface area contributed by atoms with E-state index in [1.54, 1.807) is 6.20 Å². The second kappa shape index (κ2) is 4.84. The van der Waals surface area contributed by atoms with E-state index in [4.69, 9.17) is 11.6 Å². The summed E-state index contributed by atoms with van der Waals surface area (Å²) in [6, 6.07) is 7.50. The van der Waals surface area contributed by atoms with E-state index >= 15 is 0 Å². The predicted molar refractivity (Wildman–Crippen MR) is 70.5 cm³/mol. The molecular weight excluding hydrogens is 234 g/mol. The molecule has 1 aromatic carbocycles. The summed E-state index contributed by atoms with van der Waals surface area (Å²) < 4.78 is 0. The summed E-state index contributed by atoms with van der Waals surface area (Å²) in [6.07, 6.45) is 2.28. The largest absolute Gasteiger partial charge is 0.299 e. The van der Waals surface area contributed by atoms with Gasteiger partial charge < -0.3 is 0 Å². The second-order valence-electron chi connectivity index (χ2n) is 4.10. The molecule has 0 saturated carbocycles. The number of Topliss-reactive ketones (excluding diaryl/α,β-unsaturated/α-hetero) is 1. The van der Waals surface area contributed by atoms with Gasteiger partial charge in [-0.1, -0.05) is 31.5 Å². The number of aromatic nitrogens is 1. The molecule has 3 heteroatoms. The fourth-order valence-electron chi connectivity index (χ4n) is 2.00. The first-order valence-electron chi connectivity index (χ1n) is 5.70. The zero-order chi connectivity index (χ0) is 12.4. The van der Waals surface area contributed by atoms with E-state index in [1.807, 2.05) is 38.1 Å². The molecule has 2 aromatic rings. The highest BCUT2D eigenvalue weighted by molar-refractivity contribution is 6.31. The van der Waals surface area contributed by atoms with E-state index in [2.05, 4.69) is 4.98 Å². The number of rotatable bonds is 3. The number of halogens is 1. The van der Waals surface area contributed by atoms with Crippen molar-refractivity contribution >= 4 is 28.3 Å². The normalized spacial score (nSPS) is 12.6. The lowest BCUT2D eigenvalue weighted by molar-refractivity contribution is -0.119. The van der Waals surface area contributed by atoms with Crippen molar-refractivity contribution in [1.29, 1.82) is 0 Å². The van der Waals surface area contributed by atoms with Crippen molar-refractivity contribution in [3.05, 3.63) is 41.0 Å². The predicted octanol–water partition coefficient (Wildman–Crippen LogP) is 3.97. The molecule has 0 amide bonds. The van der Waals surface area contributed by atoms with Crippen LogP contribution in [0.15, 0.2) is 30.5 Å². The highest BCUT2D eigenvalue weighted by Crippen LogP contribution is 2.27. The van der Waals surface area contributed by atoms with Crippen molar-refractivity contribution in [3.63, 3.8) is 0 Å². The molecule has 0 N–H and O–H groups in total. The lowest BCUT2D eigenvalue weighted by Gasteiger charge is -2.12. The number of carbonyl (C=O) groups excluding carboxylic acids is 1. The Hall–Kier alpha value is -1.41. The summed E-state index contributed by atoms with van der Waals surface area (Å²) >= 11 is 5.93. The van der Waals surface area contributed by atoms with Crippen molar-refractivity contribution in [2.45, 2.75) is 26.2 Å². The highest BCUT2D eigenvalue weighted by atomic mass is 35.5. The van der Waals surface area contributed by atoms with Gasteiger partial charge in [-0.25, -0.2) is 0 Å². The van der Waals surface area contributed by atoms with Crippen LogP contribution in [-0.2, 0) is 4.79 Å². The first kappa shape index (κ1) is 12.1. The maximum Gasteiger partial charge on any atom is 0.139 e. The summed E-state index contributed by atoms with van der Waals surface area (Å²) in [5.74, 6) is 0.152. The quantitative estimate of drug-likeness (QED) is 0.822. The molecule has 2 rings (SSSR count). The van der Waals surface area contributed by atoms with E-state index in [0.717, 1.165) is 16.5 Å². The minimum Gasteiger partial charge on any atom is -0.299 e. The number of ketones is 1. The van der Waals surface area contributed by atoms with Gasteiger partial charge in [-0.15, -0.1) is 0 Å². The van der Waals surface area contributed by atoms with Crippen molar-refractivity contribution in [2.24, 2.45) is 0 Å². The molecule has 1 aromatic heterocycles. The Morgan fingerprint density at radius 3 is 2.88 bits per heavy atom. The Balaban J connectivity index is 2.58. The Labute approximate surface area is 106 Å². The van der Waals surface area contributed by atoms with E-state index in [0.29, 0.717) is 11.4 Å². The van der Waals surface area contributed by atoms with Gasteiger partial charge in [0.15, 0.2) is 0 Å². The molecule has 0 aliphatic carbocycles. The molecule has 1 atom stereocenters. The molecule has 2 nitrogen and oxygen atoms in total. The summed E-state index contributed by atoms with van der Waals surface area (Å²) in [4.78, 5) is 16.1. The number of hydrogen-bond donors (Lipinski definition) is 0. The van der Waals surface area contributed by atoms with Gasteiger partial charge >= 0.3 is 0 Å². The van der Waals surface area contributed by atoms with Crippen molar-refractivity contribution in [2.75, 3.05) is 0 Å². The summed E-state index contributed by atoms with van der Waals surface area (Å²) in [5.41, 5.74) is 1.87. The van der Waals surface area contributed by atoms with E-state index < -0.39 is 0 Å². The van der Waals surface area contributed by atoms with Crippen molar-refractivity contribution in [1.82, 2.24) is 4.98 Å². The summed E-state index contributed by atoms with van der Waals surface area (Å²) in [5, 5.41) is 1.67. The van der Waals surface area contributed by atoms with Gasteiger partial charge in [0.2, 0.25) is 0 Å². The van der Waals surface area contributed by atoms with E-state index in [9.17, 15) is 4.79 Å². The number of fused-ring (bicyclic) bond motifs is 1. The standard InChI is InChI=1S/C14H14ClNO/c1-3-14(17)9(2)11-6-7-16-13-8-10(15)4-5-12(11)13/h4-9H,3H2,1-2H3. The monoisotopic (exact) mass is 247 g/mol. The molecule has 0 saturated heterocycles. The Morgan fingerprint density at radius 1 is 1.41 bits per heavy atom. The Kier molecular flexibility index (Phi) is 3.43. The molecule has 1 unspecified atom stereocenters. The number of benzene rings is 1. The Bertz CT molecular complexity index is 565. The van der Waals surface area contributed by atoms with Crippen molar-refractivity contribution < 1.29 is 4.79 Å². The van der Waals surface area contributed by atoms with Crippen LogP contribution in [0.25, 0.3) is 10.9 Å². The lowest BCUT2D eigenvalue weighted by Crippen LogP contribution is -2.08. The van der Waals surface area contributed by atoms with Crippen LogP contribution in [0.1, 0.15) is 31.7 Å². The lowest BCUT2D eigenvalue weighted by atomic mass is 9.93. The van der Waals surface area contributed by atoms with Crippen LogP contribution >= 0.6 is 11.6 Å². The smallest absolute Gasteiger partial charge is 0.139 e.